The fourth-order valence-electron chi connectivity index (χ4n) is 2.64. The third-order valence-corrected chi connectivity index (χ3v) is 4.56. The van der Waals surface area contributed by atoms with Crippen LogP contribution in [-0.2, 0) is 11.2 Å². The number of aryl methyl sites for hydroxylation is 1. The molecule has 2 heterocycles. The number of aliphatic carboxylic acids is 1. The molecule has 0 spiro atoms. The van der Waals surface area contributed by atoms with Crippen LogP contribution < -0.4 is 0 Å². The zero-order chi connectivity index (χ0) is 14.0. The first kappa shape index (κ1) is 14.1. The summed E-state index contributed by atoms with van der Waals surface area (Å²) in [6, 6.07) is 1.97. The van der Waals surface area contributed by atoms with Crippen LogP contribution in [0.1, 0.15) is 35.5 Å². The van der Waals surface area contributed by atoms with Gasteiger partial charge in [0.1, 0.15) is 0 Å². The average Bonchev–Trinajstić information content (AvgIpc) is 2.85. The third kappa shape index (κ3) is 2.97. The van der Waals surface area contributed by atoms with Crippen molar-refractivity contribution < 1.29 is 14.7 Å². The van der Waals surface area contributed by atoms with Gasteiger partial charge in [0.05, 0.1) is 10.8 Å². The predicted molar refractivity (Wildman–Crippen MR) is 74.5 cm³/mol. The largest absolute Gasteiger partial charge is 0.481 e. The Morgan fingerprint density at radius 2 is 2.21 bits per heavy atom. The van der Waals surface area contributed by atoms with Crippen LogP contribution >= 0.6 is 11.3 Å². The number of thiophene rings is 1. The van der Waals surface area contributed by atoms with Gasteiger partial charge in [0, 0.05) is 13.1 Å². The maximum atomic E-state index is 12.5. The second-order valence-corrected chi connectivity index (χ2v) is 6.13. The number of carbonyl (C=O) groups excluding carboxylic acids is 1. The van der Waals surface area contributed by atoms with Gasteiger partial charge in [-0.15, -0.1) is 11.3 Å². The Balaban J connectivity index is 2.16. The lowest BCUT2D eigenvalue weighted by molar-refractivity contribution is -0.143. The van der Waals surface area contributed by atoms with Crippen LogP contribution in [0.3, 0.4) is 0 Å². The number of carbonyl (C=O) groups is 2. The molecule has 2 unspecified atom stereocenters. The van der Waals surface area contributed by atoms with E-state index in [1.807, 2.05) is 25.3 Å². The van der Waals surface area contributed by atoms with Gasteiger partial charge in [0.25, 0.3) is 5.91 Å². The molecule has 1 aromatic rings. The Labute approximate surface area is 117 Å². The number of hydrogen-bond donors (Lipinski definition) is 1. The molecule has 0 saturated carbocycles. The summed E-state index contributed by atoms with van der Waals surface area (Å²) in [6.45, 7) is 5.02. The highest BCUT2D eigenvalue weighted by molar-refractivity contribution is 7.12. The van der Waals surface area contributed by atoms with E-state index in [0.29, 0.717) is 19.5 Å². The van der Waals surface area contributed by atoms with Crippen molar-refractivity contribution in [2.75, 3.05) is 13.1 Å². The van der Waals surface area contributed by atoms with Gasteiger partial charge in [-0.25, -0.2) is 0 Å². The smallest absolute Gasteiger partial charge is 0.308 e. The molecule has 1 aromatic heterocycles. The van der Waals surface area contributed by atoms with E-state index in [2.05, 4.69) is 0 Å². The third-order valence-electron chi connectivity index (χ3n) is 3.62. The molecule has 0 aliphatic carbocycles. The van der Waals surface area contributed by atoms with Gasteiger partial charge < -0.3 is 10.0 Å². The molecule has 1 fully saturated rings. The van der Waals surface area contributed by atoms with Gasteiger partial charge in [0.2, 0.25) is 0 Å². The zero-order valence-corrected chi connectivity index (χ0v) is 12.1. The molecule has 1 N–H and O–H groups in total. The van der Waals surface area contributed by atoms with Gasteiger partial charge >= 0.3 is 5.97 Å². The lowest BCUT2D eigenvalue weighted by atomic mass is 9.90. The first-order valence-electron chi connectivity index (χ1n) is 6.61. The van der Waals surface area contributed by atoms with Crippen LogP contribution in [-0.4, -0.2) is 35.0 Å². The molecule has 19 heavy (non-hydrogen) atoms. The summed E-state index contributed by atoms with van der Waals surface area (Å²) in [5.41, 5.74) is 1.06. The van der Waals surface area contributed by atoms with Crippen molar-refractivity contribution in [1.82, 2.24) is 4.90 Å². The molecule has 1 aliphatic heterocycles. The highest BCUT2D eigenvalue weighted by atomic mass is 32.1. The average molecular weight is 281 g/mol. The summed E-state index contributed by atoms with van der Waals surface area (Å²) in [7, 11) is 0. The molecule has 4 nitrogen and oxygen atoms in total. The quantitative estimate of drug-likeness (QED) is 0.926. The second kappa shape index (κ2) is 5.74. The molecule has 104 valence electrons. The number of likely N-dealkylation sites (tertiary alicyclic amines) is 1. The van der Waals surface area contributed by atoms with E-state index in [1.165, 1.54) is 11.3 Å². The fourth-order valence-corrected chi connectivity index (χ4v) is 3.60. The van der Waals surface area contributed by atoms with E-state index < -0.39 is 11.9 Å². The highest BCUT2D eigenvalue weighted by Crippen LogP contribution is 2.26. The molecular weight excluding hydrogens is 262 g/mol. The number of rotatable bonds is 3. The maximum absolute atomic E-state index is 12.5. The van der Waals surface area contributed by atoms with Crippen molar-refractivity contribution in [2.24, 2.45) is 11.8 Å². The lowest BCUT2D eigenvalue weighted by Crippen LogP contribution is -2.45. The van der Waals surface area contributed by atoms with E-state index in [9.17, 15) is 9.59 Å². The minimum Gasteiger partial charge on any atom is -0.481 e. The highest BCUT2D eigenvalue weighted by Gasteiger charge is 2.33. The van der Waals surface area contributed by atoms with E-state index in [-0.39, 0.29) is 11.8 Å². The van der Waals surface area contributed by atoms with Gasteiger partial charge in [-0.3, -0.25) is 9.59 Å². The van der Waals surface area contributed by atoms with Crippen LogP contribution in [0, 0.1) is 11.8 Å². The van der Waals surface area contributed by atoms with Crippen LogP contribution in [0.4, 0.5) is 0 Å². The number of carboxylic acids is 1. The van der Waals surface area contributed by atoms with Gasteiger partial charge in [-0.1, -0.05) is 13.8 Å². The Morgan fingerprint density at radius 1 is 1.47 bits per heavy atom. The number of amides is 1. The molecule has 0 aromatic carbocycles. The summed E-state index contributed by atoms with van der Waals surface area (Å²) in [5.74, 6) is -1.00. The normalized spacial score (nSPS) is 23.4. The SMILES string of the molecule is CCc1ccsc1C(=O)N1CC(C)CC(C(=O)O)C1. The molecule has 5 heteroatoms. The van der Waals surface area contributed by atoms with Gasteiger partial charge in [0.15, 0.2) is 0 Å². The lowest BCUT2D eigenvalue weighted by Gasteiger charge is -2.34. The second-order valence-electron chi connectivity index (χ2n) is 5.21. The van der Waals surface area contributed by atoms with E-state index >= 15 is 0 Å². The molecule has 0 radical (unpaired) electrons. The van der Waals surface area contributed by atoms with Crippen LogP contribution in [0.25, 0.3) is 0 Å². The van der Waals surface area contributed by atoms with E-state index in [0.717, 1.165) is 16.9 Å². The molecular formula is C14H19NO3S. The monoisotopic (exact) mass is 281 g/mol. The van der Waals surface area contributed by atoms with Crippen molar-refractivity contribution in [1.29, 1.82) is 0 Å². The summed E-state index contributed by atoms with van der Waals surface area (Å²) < 4.78 is 0. The number of hydrogen-bond acceptors (Lipinski definition) is 3. The Bertz CT molecular complexity index is 483. The Kier molecular flexibility index (Phi) is 4.24. The topological polar surface area (TPSA) is 57.6 Å². The fraction of sp³-hybridized carbons (Fsp3) is 0.571. The molecule has 1 aliphatic rings. The van der Waals surface area contributed by atoms with Crippen molar-refractivity contribution in [3.63, 3.8) is 0 Å². The molecule has 2 atom stereocenters. The summed E-state index contributed by atoms with van der Waals surface area (Å²) in [4.78, 5) is 26.1. The van der Waals surface area contributed by atoms with Crippen LogP contribution in [0.5, 0.6) is 0 Å². The van der Waals surface area contributed by atoms with Crippen molar-refractivity contribution in [3.05, 3.63) is 21.9 Å². The van der Waals surface area contributed by atoms with Gasteiger partial charge in [-0.2, -0.15) is 0 Å². The first-order valence-corrected chi connectivity index (χ1v) is 7.49. The summed E-state index contributed by atoms with van der Waals surface area (Å²) >= 11 is 1.45. The van der Waals surface area contributed by atoms with Gasteiger partial charge in [-0.05, 0) is 35.8 Å². The van der Waals surface area contributed by atoms with E-state index in [4.69, 9.17) is 5.11 Å². The molecule has 1 amide bonds. The number of nitrogens with zero attached hydrogens (tertiary/aromatic N) is 1. The molecule has 1 saturated heterocycles. The number of piperidine rings is 1. The van der Waals surface area contributed by atoms with E-state index in [1.54, 1.807) is 4.90 Å². The standard InChI is InChI=1S/C14H19NO3S/c1-3-10-4-5-19-12(10)13(16)15-7-9(2)6-11(8-15)14(17)18/h4-5,9,11H,3,6-8H2,1-2H3,(H,17,18). The summed E-state index contributed by atoms with van der Waals surface area (Å²) in [5, 5.41) is 11.1. The van der Waals surface area contributed by atoms with Crippen LogP contribution in [0.15, 0.2) is 11.4 Å². The molecule has 0 bridgehead atoms. The minimum atomic E-state index is -0.800. The number of carboxylic acid groups (broad SMARTS) is 1. The Hall–Kier alpha value is -1.36. The zero-order valence-electron chi connectivity index (χ0n) is 11.3. The predicted octanol–water partition coefficient (Wildman–Crippen LogP) is 2.49. The minimum absolute atomic E-state index is 0.00958. The maximum Gasteiger partial charge on any atom is 0.308 e. The van der Waals surface area contributed by atoms with Crippen molar-refractivity contribution in [3.8, 4) is 0 Å². The van der Waals surface area contributed by atoms with Crippen molar-refractivity contribution in [2.45, 2.75) is 26.7 Å². The summed E-state index contributed by atoms with van der Waals surface area (Å²) in [6.07, 6.45) is 1.49. The Morgan fingerprint density at radius 3 is 2.84 bits per heavy atom. The van der Waals surface area contributed by atoms with Crippen molar-refractivity contribution >= 4 is 23.2 Å². The first-order chi connectivity index (χ1) is 9.02. The molecule has 2 rings (SSSR count). The van der Waals surface area contributed by atoms with Crippen LogP contribution in [0.2, 0.25) is 0 Å².